The number of nitrogens with zero attached hydrogens (tertiary/aromatic N) is 4. The van der Waals surface area contributed by atoms with Gasteiger partial charge in [-0.2, -0.15) is 9.61 Å². The maximum absolute atomic E-state index is 10.7. The van der Waals surface area contributed by atoms with Crippen LogP contribution in [0, 0.1) is 0 Å². The number of benzene rings is 1. The Morgan fingerprint density at radius 3 is 3.05 bits per heavy atom. The molecule has 2 heterocycles. The van der Waals surface area contributed by atoms with Crippen LogP contribution >= 0.6 is 11.3 Å². The van der Waals surface area contributed by atoms with E-state index in [9.17, 15) is 4.79 Å². The van der Waals surface area contributed by atoms with Gasteiger partial charge < -0.3 is 9.84 Å². The summed E-state index contributed by atoms with van der Waals surface area (Å²) in [5.74, 6) is 0.352. The van der Waals surface area contributed by atoms with E-state index < -0.39 is 5.97 Å². The summed E-state index contributed by atoms with van der Waals surface area (Å²) < 4.78 is 6.72. The number of carboxylic acid groups (broad SMARTS) is 1. The Kier molecular flexibility index (Phi) is 3.07. The van der Waals surface area contributed by atoms with Crippen molar-refractivity contribution in [3.63, 3.8) is 0 Å². The van der Waals surface area contributed by atoms with Gasteiger partial charge in [-0.15, -0.1) is 10.2 Å². The van der Waals surface area contributed by atoms with Crippen LogP contribution in [0.4, 0.5) is 0 Å². The van der Waals surface area contributed by atoms with E-state index in [0.29, 0.717) is 21.5 Å². The highest BCUT2D eigenvalue weighted by Gasteiger charge is 2.15. The topological polar surface area (TPSA) is 89.6 Å². The van der Waals surface area contributed by atoms with Crippen LogP contribution in [0.1, 0.15) is 5.01 Å². The van der Waals surface area contributed by atoms with E-state index in [4.69, 9.17) is 9.84 Å². The van der Waals surface area contributed by atoms with Crippen molar-refractivity contribution in [3.05, 3.63) is 29.3 Å². The second-order valence-electron chi connectivity index (χ2n) is 4.02. The number of carbonyl (C=O) groups is 1. The van der Waals surface area contributed by atoms with Crippen LogP contribution in [0.2, 0.25) is 0 Å². The molecule has 3 rings (SSSR count). The van der Waals surface area contributed by atoms with Crippen LogP contribution in [0.5, 0.6) is 5.75 Å². The molecule has 0 aliphatic rings. The van der Waals surface area contributed by atoms with Gasteiger partial charge in [-0.1, -0.05) is 23.5 Å². The van der Waals surface area contributed by atoms with Gasteiger partial charge in [-0.05, 0) is 12.1 Å². The molecule has 0 bridgehead atoms. The molecule has 0 saturated heterocycles. The number of methoxy groups -OCH3 is 1. The van der Waals surface area contributed by atoms with Crippen LogP contribution < -0.4 is 4.74 Å². The van der Waals surface area contributed by atoms with E-state index in [-0.39, 0.29) is 6.42 Å². The van der Waals surface area contributed by atoms with Gasteiger partial charge in [0.15, 0.2) is 5.82 Å². The van der Waals surface area contributed by atoms with Crippen molar-refractivity contribution in [2.24, 2.45) is 0 Å². The number of carboxylic acids is 1. The lowest BCUT2D eigenvalue weighted by Crippen LogP contribution is -2.00. The van der Waals surface area contributed by atoms with Crippen LogP contribution in [0.3, 0.4) is 0 Å². The monoisotopic (exact) mass is 290 g/mol. The van der Waals surface area contributed by atoms with Gasteiger partial charge in [0.2, 0.25) is 4.96 Å². The lowest BCUT2D eigenvalue weighted by atomic mass is 10.2. The summed E-state index contributed by atoms with van der Waals surface area (Å²) in [4.78, 5) is 11.3. The Bertz CT molecular complexity index is 780. The van der Waals surface area contributed by atoms with Crippen LogP contribution in [0.25, 0.3) is 16.3 Å². The first-order valence-corrected chi connectivity index (χ1v) is 6.56. The van der Waals surface area contributed by atoms with Crippen LogP contribution in [0.15, 0.2) is 24.3 Å². The molecule has 7 nitrogen and oxygen atoms in total. The number of fused-ring (bicyclic) bond motifs is 1. The molecule has 1 N–H and O–H groups in total. The second kappa shape index (κ2) is 4.89. The molecule has 8 heteroatoms. The molecule has 20 heavy (non-hydrogen) atoms. The molecule has 0 aliphatic heterocycles. The van der Waals surface area contributed by atoms with E-state index in [1.165, 1.54) is 11.3 Å². The van der Waals surface area contributed by atoms with Gasteiger partial charge in [0, 0.05) is 5.56 Å². The first-order chi connectivity index (χ1) is 9.67. The van der Waals surface area contributed by atoms with Crippen molar-refractivity contribution in [2.75, 3.05) is 7.11 Å². The molecule has 0 atom stereocenters. The SMILES string of the molecule is COc1cccc(-c2nnc3sc(CC(=O)O)nn23)c1. The molecule has 102 valence electrons. The standard InChI is InChI=1S/C12H10N4O3S/c1-19-8-4-2-3-7(5-8)11-13-14-12-16(11)15-9(20-12)6-10(17)18/h2-5H,6H2,1H3,(H,17,18). The largest absolute Gasteiger partial charge is 0.497 e. The minimum absolute atomic E-state index is 0.119. The zero-order valence-corrected chi connectivity index (χ0v) is 11.3. The average molecular weight is 290 g/mol. The van der Waals surface area contributed by atoms with Crippen molar-refractivity contribution in [1.29, 1.82) is 0 Å². The van der Waals surface area contributed by atoms with E-state index in [0.717, 1.165) is 5.56 Å². The van der Waals surface area contributed by atoms with E-state index in [2.05, 4.69) is 15.3 Å². The summed E-state index contributed by atoms with van der Waals surface area (Å²) in [5, 5.41) is 21.6. The lowest BCUT2D eigenvalue weighted by Gasteiger charge is -2.01. The second-order valence-corrected chi connectivity index (χ2v) is 5.06. The highest BCUT2D eigenvalue weighted by molar-refractivity contribution is 7.16. The predicted octanol–water partition coefficient (Wildman–Crippen LogP) is 1.49. The number of aliphatic carboxylic acids is 1. The maximum Gasteiger partial charge on any atom is 0.310 e. The van der Waals surface area contributed by atoms with Crippen LogP contribution in [-0.2, 0) is 11.2 Å². The van der Waals surface area contributed by atoms with Crippen molar-refractivity contribution < 1.29 is 14.6 Å². The number of hydrogen-bond acceptors (Lipinski definition) is 6. The first kappa shape index (κ1) is 12.5. The van der Waals surface area contributed by atoms with Crippen molar-refractivity contribution in [2.45, 2.75) is 6.42 Å². The fraction of sp³-hybridized carbons (Fsp3) is 0.167. The third-order valence-corrected chi connectivity index (χ3v) is 3.56. The zero-order chi connectivity index (χ0) is 14.1. The molecule has 2 aromatic heterocycles. The van der Waals surface area contributed by atoms with Crippen LogP contribution in [-0.4, -0.2) is 38.0 Å². The van der Waals surface area contributed by atoms with Gasteiger partial charge in [0.1, 0.15) is 10.8 Å². The quantitative estimate of drug-likeness (QED) is 0.783. The Morgan fingerprint density at radius 2 is 2.30 bits per heavy atom. The first-order valence-electron chi connectivity index (χ1n) is 5.74. The van der Waals surface area contributed by atoms with Gasteiger partial charge >= 0.3 is 5.97 Å². The normalized spacial score (nSPS) is 10.8. The molecule has 0 fully saturated rings. The summed E-state index contributed by atoms with van der Waals surface area (Å²) in [7, 11) is 1.59. The number of rotatable bonds is 4. The zero-order valence-electron chi connectivity index (χ0n) is 10.5. The van der Waals surface area contributed by atoms with Crippen molar-refractivity contribution in [3.8, 4) is 17.1 Å². The fourth-order valence-electron chi connectivity index (χ4n) is 1.80. The molecule has 0 amide bonds. The molecule has 0 unspecified atom stereocenters. The number of ether oxygens (including phenoxy) is 1. The Morgan fingerprint density at radius 1 is 1.45 bits per heavy atom. The summed E-state index contributed by atoms with van der Waals surface area (Å²) in [6.07, 6.45) is -0.119. The molecule has 1 aromatic carbocycles. The minimum Gasteiger partial charge on any atom is -0.497 e. The highest BCUT2D eigenvalue weighted by Crippen LogP contribution is 2.24. The molecule has 0 spiro atoms. The average Bonchev–Trinajstić information content (AvgIpc) is 2.97. The third-order valence-electron chi connectivity index (χ3n) is 2.66. The molecule has 0 aliphatic carbocycles. The number of aromatic nitrogens is 4. The number of hydrogen-bond donors (Lipinski definition) is 1. The molecular formula is C12H10N4O3S. The third kappa shape index (κ3) is 2.21. The molecular weight excluding hydrogens is 280 g/mol. The summed E-state index contributed by atoms with van der Waals surface area (Å²) in [6, 6.07) is 7.38. The van der Waals surface area contributed by atoms with E-state index in [1.807, 2.05) is 24.3 Å². The highest BCUT2D eigenvalue weighted by atomic mass is 32.1. The Labute approximate surface area is 117 Å². The maximum atomic E-state index is 10.7. The Hall–Kier alpha value is -2.48. The van der Waals surface area contributed by atoms with Gasteiger partial charge in [-0.25, -0.2) is 0 Å². The fourth-order valence-corrected chi connectivity index (χ4v) is 2.62. The van der Waals surface area contributed by atoms with E-state index in [1.54, 1.807) is 11.6 Å². The molecule has 3 aromatic rings. The summed E-state index contributed by atoms with van der Waals surface area (Å²) in [6.45, 7) is 0. The van der Waals surface area contributed by atoms with E-state index >= 15 is 0 Å². The van der Waals surface area contributed by atoms with Crippen molar-refractivity contribution in [1.82, 2.24) is 19.8 Å². The van der Waals surface area contributed by atoms with Crippen molar-refractivity contribution >= 4 is 22.3 Å². The van der Waals surface area contributed by atoms with Gasteiger partial charge in [-0.3, -0.25) is 4.79 Å². The predicted molar refractivity (Wildman–Crippen MR) is 72.0 cm³/mol. The molecule has 0 radical (unpaired) electrons. The Balaban J connectivity index is 2.06. The van der Waals surface area contributed by atoms with Gasteiger partial charge in [0.05, 0.1) is 13.5 Å². The summed E-state index contributed by atoms with van der Waals surface area (Å²) >= 11 is 1.22. The minimum atomic E-state index is -0.919. The summed E-state index contributed by atoms with van der Waals surface area (Å²) in [5.41, 5.74) is 0.809. The smallest absolute Gasteiger partial charge is 0.310 e. The van der Waals surface area contributed by atoms with Gasteiger partial charge in [0.25, 0.3) is 0 Å². The molecule has 0 saturated carbocycles. The lowest BCUT2D eigenvalue weighted by molar-refractivity contribution is -0.136.